The van der Waals surface area contributed by atoms with E-state index in [1.165, 1.54) is 0 Å². The summed E-state index contributed by atoms with van der Waals surface area (Å²) in [6, 6.07) is 11.3. The molecular formula is C15H14Cl3N. The molecule has 1 nitrogen and oxygen atoms in total. The van der Waals surface area contributed by atoms with Crippen molar-refractivity contribution in [2.75, 3.05) is 7.05 Å². The maximum atomic E-state index is 6.28. The number of benzene rings is 2. The van der Waals surface area contributed by atoms with E-state index in [1.54, 1.807) is 6.07 Å². The maximum Gasteiger partial charge on any atom is 0.0592 e. The summed E-state index contributed by atoms with van der Waals surface area (Å²) in [5, 5.41) is 5.36. The van der Waals surface area contributed by atoms with Crippen LogP contribution in [0.1, 0.15) is 22.7 Å². The molecule has 0 aromatic heterocycles. The van der Waals surface area contributed by atoms with E-state index in [-0.39, 0.29) is 6.04 Å². The van der Waals surface area contributed by atoms with Gasteiger partial charge in [-0.25, -0.2) is 0 Å². The van der Waals surface area contributed by atoms with Gasteiger partial charge in [-0.1, -0.05) is 46.9 Å². The first-order chi connectivity index (χ1) is 9.04. The Balaban J connectivity index is 2.56. The number of rotatable bonds is 3. The third-order valence-electron chi connectivity index (χ3n) is 3.18. The molecule has 4 heteroatoms. The highest BCUT2D eigenvalue weighted by Crippen LogP contribution is 2.33. The van der Waals surface area contributed by atoms with Crippen molar-refractivity contribution in [3.63, 3.8) is 0 Å². The van der Waals surface area contributed by atoms with Crippen molar-refractivity contribution in [1.82, 2.24) is 5.32 Å². The molecule has 0 aliphatic carbocycles. The van der Waals surface area contributed by atoms with Gasteiger partial charge in [-0.2, -0.15) is 0 Å². The minimum atomic E-state index is -0.0371. The van der Waals surface area contributed by atoms with Crippen molar-refractivity contribution in [3.8, 4) is 0 Å². The van der Waals surface area contributed by atoms with E-state index in [0.29, 0.717) is 10.0 Å². The lowest BCUT2D eigenvalue weighted by molar-refractivity contribution is 0.688. The van der Waals surface area contributed by atoms with Crippen molar-refractivity contribution >= 4 is 34.8 Å². The fourth-order valence-electron chi connectivity index (χ4n) is 2.15. The van der Waals surface area contributed by atoms with Gasteiger partial charge in [0.25, 0.3) is 0 Å². The van der Waals surface area contributed by atoms with E-state index in [1.807, 2.05) is 44.3 Å². The summed E-state index contributed by atoms with van der Waals surface area (Å²) in [4.78, 5) is 0. The fraction of sp³-hybridized carbons (Fsp3) is 0.200. The first-order valence-corrected chi connectivity index (χ1v) is 7.05. The Morgan fingerprint density at radius 2 is 1.68 bits per heavy atom. The molecular weight excluding hydrogens is 301 g/mol. The molecule has 0 radical (unpaired) electrons. The van der Waals surface area contributed by atoms with Gasteiger partial charge in [-0.15, -0.1) is 0 Å². The van der Waals surface area contributed by atoms with Crippen LogP contribution in [-0.2, 0) is 0 Å². The summed E-state index contributed by atoms with van der Waals surface area (Å²) in [5.41, 5.74) is 3.08. The zero-order valence-electron chi connectivity index (χ0n) is 10.7. The average molecular weight is 315 g/mol. The highest BCUT2D eigenvalue weighted by Gasteiger charge is 2.18. The van der Waals surface area contributed by atoms with Gasteiger partial charge >= 0.3 is 0 Å². The summed E-state index contributed by atoms with van der Waals surface area (Å²) in [7, 11) is 1.89. The van der Waals surface area contributed by atoms with E-state index in [0.717, 1.165) is 21.7 Å². The second kappa shape index (κ2) is 6.15. The summed E-state index contributed by atoms with van der Waals surface area (Å²) < 4.78 is 0. The second-order valence-electron chi connectivity index (χ2n) is 4.34. The molecule has 2 rings (SSSR count). The summed E-state index contributed by atoms with van der Waals surface area (Å²) in [6.45, 7) is 2.00. The smallest absolute Gasteiger partial charge is 0.0592 e. The molecule has 0 saturated carbocycles. The Morgan fingerprint density at radius 3 is 2.37 bits per heavy atom. The maximum absolute atomic E-state index is 6.28. The van der Waals surface area contributed by atoms with Gasteiger partial charge in [0.2, 0.25) is 0 Å². The van der Waals surface area contributed by atoms with E-state index < -0.39 is 0 Å². The van der Waals surface area contributed by atoms with Crippen LogP contribution in [0.5, 0.6) is 0 Å². The standard InChI is InChI=1S/C15H14Cl3N/c1-9-11(4-3-5-13(9)17)15(19-2)12-8-10(16)6-7-14(12)18/h3-8,15,19H,1-2H3. The van der Waals surface area contributed by atoms with Crippen LogP contribution < -0.4 is 5.32 Å². The van der Waals surface area contributed by atoms with E-state index in [4.69, 9.17) is 34.8 Å². The molecule has 0 fully saturated rings. The van der Waals surface area contributed by atoms with Crippen LogP contribution >= 0.6 is 34.8 Å². The molecule has 0 heterocycles. The molecule has 100 valence electrons. The normalized spacial score (nSPS) is 12.5. The molecule has 19 heavy (non-hydrogen) atoms. The third-order valence-corrected chi connectivity index (χ3v) is 4.17. The molecule has 0 aliphatic rings. The van der Waals surface area contributed by atoms with Crippen molar-refractivity contribution in [2.24, 2.45) is 0 Å². The molecule has 1 atom stereocenters. The SMILES string of the molecule is CNC(c1cc(Cl)ccc1Cl)c1cccc(Cl)c1C. The van der Waals surface area contributed by atoms with Crippen LogP contribution in [0.3, 0.4) is 0 Å². The molecule has 0 amide bonds. The zero-order chi connectivity index (χ0) is 14.0. The van der Waals surface area contributed by atoms with Crippen LogP contribution in [0.2, 0.25) is 15.1 Å². The van der Waals surface area contributed by atoms with E-state index in [2.05, 4.69) is 5.32 Å². The number of hydrogen-bond donors (Lipinski definition) is 1. The predicted molar refractivity (Wildman–Crippen MR) is 83.6 cm³/mol. The molecule has 2 aromatic rings. The third kappa shape index (κ3) is 3.06. The van der Waals surface area contributed by atoms with E-state index >= 15 is 0 Å². The lowest BCUT2D eigenvalue weighted by atomic mass is 9.95. The van der Waals surface area contributed by atoms with Crippen molar-refractivity contribution in [1.29, 1.82) is 0 Å². The molecule has 1 N–H and O–H groups in total. The van der Waals surface area contributed by atoms with E-state index in [9.17, 15) is 0 Å². The largest absolute Gasteiger partial charge is 0.309 e. The van der Waals surface area contributed by atoms with Crippen molar-refractivity contribution in [2.45, 2.75) is 13.0 Å². The van der Waals surface area contributed by atoms with Gasteiger partial charge in [-0.05, 0) is 54.9 Å². The molecule has 0 saturated heterocycles. The summed E-state index contributed by atoms with van der Waals surface area (Å²) >= 11 is 18.5. The Bertz CT molecular complexity index is 594. The van der Waals surface area contributed by atoms with Crippen molar-refractivity contribution in [3.05, 3.63) is 68.2 Å². The Morgan fingerprint density at radius 1 is 0.947 bits per heavy atom. The topological polar surface area (TPSA) is 12.0 Å². The quantitative estimate of drug-likeness (QED) is 0.814. The summed E-state index contributed by atoms with van der Waals surface area (Å²) in [6.07, 6.45) is 0. The summed E-state index contributed by atoms with van der Waals surface area (Å²) in [5.74, 6) is 0. The molecule has 1 unspecified atom stereocenters. The predicted octanol–water partition coefficient (Wildman–Crippen LogP) is 5.26. The average Bonchev–Trinajstić information content (AvgIpc) is 2.39. The monoisotopic (exact) mass is 313 g/mol. The second-order valence-corrected chi connectivity index (χ2v) is 5.59. The molecule has 2 aromatic carbocycles. The Labute approximate surface area is 128 Å². The van der Waals surface area contributed by atoms with Crippen LogP contribution in [0.15, 0.2) is 36.4 Å². The lowest BCUT2D eigenvalue weighted by Crippen LogP contribution is -2.19. The Kier molecular flexibility index (Phi) is 4.75. The van der Waals surface area contributed by atoms with Crippen LogP contribution in [-0.4, -0.2) is 7.05 Å². The molecule has 0 bridgehead atoms. The van der Waals surface area contributed by atoms with Crippen LogP contribution in [0.4, 0.5) is 0 Å². The minimum absolute atomic E-state index is 0.0371. The van der Waals surface area contributed by atoms with Crippen LogP contribution in [0.25, 0.3) is 0 Å². The molecule has 0 aliphatic heterocycles. The first-order valence-electron chi connectivity index (χ1n) is 5.92. The zero-order valence-corrected chi connectivity index (χ0v) is 12.9. The number of nitrogens with one attached hydrogen (secondary N) is 1. The van der Waals surface area contributed by atoms with Gasteiger partial charge in [-0.3, -0.25) is 0 Å². The number of halogens is 3. The van der Waals surface area contributed by atoms with Gasteiger partial charge in [0, 0.05) is 15.1 Å². The molecule has 0 spiro atoms. The first kappa shape index (κ1) is 14.7. The van der Waals surface area contributed by atoms with Gasteiger partial charge in [0.1, 0.15) is 0 Å². The minimum Gasteiger partial charge on any atom is -0.309 e. The lowest BCUT2D eigenvalue weighted by Gasteiger charge is -2.21. The Hall–Kier alpha value is -0.730. The fourth-order valence-corrected chi connectivity index (χ4v) is 2.74. The van der Waals surface area contributed by atoms with Crippen LogP contribution in [0, 0.1) is 6.92 Å². The number of hydrogen-bond acceptors (Lipinski definition) is 1. The van der Waals surface area contributed by atoms with Gasteiger partial charge in [0.15, 0.2) is 0 Å². The highest BCUT2D eigenvalue weighted by molar-refractivity contribution is 6.33. The highest BCUT2D eigenvalue weighted by atomic mass is 35.5. The van der Waals surface area contributed by atoms with Gasteiger partial charge < -0.3 is 5.32 Å². The van der Waals surface area contributed by atoms with Crippen molar-refractivity contribution < 1.29 is 0 Å². The van der Waals surface area contributed by atoms with Gasteiger partial charge in [0.05, 0.1) is 6.04 Å².